The van der Waals surface area contributed by atoms with E-state index in [1.165, 1.54) is 7.05 Å². The van der Waals surface area contributed by atoms with Crippen LogP contribution in [0.3, 0.4) is 0 Å². The van der Waals surface area contributed by atoms with Gasteiger partial charge in [0.05, 0.1) is 11.6 Å². The van der Waals surface area contributed by atoms with Gasteiger partial charge in [-0.05, 0) is 39.9 Å². The van der Waals surface area contributed by atoms with Crippen LogP contribution < -0.4 is 0 Å². The molecule has 0 radical (unpaired) electrons. The summed E-state index contributed by atoms with van der Waals surface area (Å²) in [7, 11) is 1.42. The Morgan fingerprint density at radius 2 is 1.66 bits per heavy atom. The Balaban J connectivity index is 1.48. The largest absolute Gasteiger partial charge is 0.480 e. The van der Waals surface area contributed by atoms with E-state index in [-0.39, 0.29) is 18.9 Å². The third-order valence-corrected chi connectivity index (χ3v) is 5.86. The van der Waals surface area contributed by atoms with E-state index in [4.69, 9.17) is 10.00 Å². The van der Waals surface area contributed by atoms with E-state index in [9.17, 15) is 14.7 Å². The number of fused-ring (bicyclic) bond motifs is 3. The molecule has 160 valence electrons. The van der Waals surface area contributed by atoms with E-state index in [1.807, 2.05) is 42.5 Å². The van der Waals surface area contributed by atoms with Gasteiger partial charge in [-0.2, -0.15) is 5.26 Å². The van der Waals surface area contributed by atoms with Crippen LogP contribution in [0.15, 0.2) is 72.8 Å². The van der Waals surface area contributed by atoms with Gasteiger partial charge in [0, 0.05) is 19.4 Å². The molecule has 0 unspecified atom stereocenters. The van der Waals surface area contributed by atoms with Crippen LogP contribution in [0.25, 0.3) is 11.1 Å². The maximum absolute atomic E-state index is 12.8. The zero-order valence-electron chi connectivity index (χ0n) is 17.6. The Morgan fingerprint density at radius 3 is 2.25 bits per heavy atom. The van der Waals surface area contributed by atoms with Crippen molar-refractivity contribution in [3.63, 3.8) is 0 Å². The Labute approximate surface area is 186 Å². The molecule has 0 heterocycles. The van der Waals surface area contributed by atoms with Crippen LogP contribution in [0.2, 0.25) is 0 Å². The summed E-state index contributed by atoms with van der Waals surface area (Å²) in [4.78, 5) is 25.8. The first-order valence-corrected chi connectivity index (χ1v) is 10.3. The highest BCUT2D eigenvalue weighted by molar-refractivity contribution is 5.81. The van der Waals surface area contributed by atoms with Crippen molar-refractivity contribution in [1.29, 1.82) is 5.26 Å². The van der Waals surface area contributed by atoms with E-state index in [1.54, 1.807) is 24.3 Å². The number of hydrogen-bond donors (Lipinski definition) is 1. The number of ether oxygens (including phenoxy) is 1. The van der Waals surface area contributed by atoms with Crippen LogP contribution >= 0.6 is 0 Å². The number of nitrogens with zero attached hydrogens (tertiary/aromatic N) is 2. The fourth-order valence-electron chi connectivity index (χ4n) is 4.20. The fraction of sp³-hybridized carbons (Fsp3) is 0.192. The highest BCUT2D eigenvalue weighted by Crippen LogP contribution is 2.44. The van der Waals surface area contributed by atoms with Gasteiger partial charge in [-0.25, -0.2) is 9.59 Å². The van der Waals surface area contributed by atoms with Crippen molar-refractivity contribution in [2.75, 3.05) is 13.7 Å². The molecule has 0 saturated heterocycles. The maximum atomic E-state index is 12.8. The predicted molar refractivity (Wildman–Crippen MR) is 119 cm³/mol. The van der Waals surface area contributed by atoms with Crippen molar-refractivity contribution >= 4 is 12.1 Å². The number of carboxylic acids is 1. The monoisotopic (exact) mass is 426 g/mol. The zero-order valence-corrected chi connectivity index (χ0v) is 17.6. The van der Waals surface area contributed by atoms with E-state index in [0.717, 1.165) is 27.2 Å². The molecule has 3 aromatic rings. The summed E-state index contributed by atoms with van der Waals surface area (Å²) in [6, 6.07) is 23.7. The molecule has 6 heteroatoms. The van der Waals surface area contributed by atoms with Crippen LogP contribution in [-0.2, 0) is 16.0 Å². The molecule has 0 aromatic heterocycles. The molecular weight excluding hydrogens is 404 g/mol. The second kappa shape index (κ2) is 8.94. The van der Waals surface area contributed by atoms with Gasteiger partial charge in [0.25, 0.3) is 0 Å². The van der Waals surface area contributed by atoms with Gasteiger partial charge in [0.1, 0.15) is 12.6 Å². The first-order valence-electron chi connectivity index (χ1n) is 10.3. The Morgan fingerprint density at radius 1 is 1.03 bits per heavy atom. The SMILES string of the molecule is CN(C(=O)OCC1c2ccccc2-c2ccccc21)[C@@H](Cc1cccc(C#N)c1)C(=O)O. The lowest BCUT2D eigenvalue weighted by Crippen LogP contribution is -2.44. The molecule has 1 amide bonds. The Bertz CT molecular complexity index is 1170. The lowest BCUT2D eigenvalue weighted by atomic mass is 9.98. The first-order chi connectivity index (χ1) is 15.5. The quantitative estimate of drug-likeness (QED) is 0.629. The summed E-state index contributed by atoms with van der Waals surface area (Å²) in [5, 5.41) is 18.8. The zero-order chi connectivity index (χ0) is 22.7. The number of hydrogen-bond acceptors (Lipinski definition) is 4. The number of carbonyl (C=O) groups is 2. The van der Waals surface area contributed by atoms with Gasteiger partial charge in [-0.1, -0.05) is 60.7 Å². The van der Waals surface area contributed by atoms with E-state index < -0.39 is 18.1 Å². The normalized spacial score (nSPS) is 12.9. The molecule has 32 heavy (non-hydrogen) atoms. The lowest BCUT2D eigenvalue weighted by molar-refractivity contribution is -0.142. The summed E-state index contributed by atoms with van der Waals surface area (Å²) in [5.41, 5.74) is 5.53. The number of rotatable bonds is 6. The molecular formula is C26H22N2O4. The lowest BCUT2D eigenvalue weighted by Gasteiger charge is -2.25. The van der Waals surface area contributed by atoms with E-state index in [0.29, 0.717) is 11.1 Å². The van der Waals surface area contributed by atoms with Gasteiger partial charge in [0.15, 0.2) is 0 Å². The third kappa shape index (κ3) is 4.06. The van der Waals surface area contributed by atoms with Crippen LogP contribution in [0.1, 0.15) is 28.2 Å². The van der Waals surface area contributed by atoms with Gasteiger partial charge in [0.2, 0.25) is 0 Å². The molecule has 0 saturated carbocycles. The van der Waals surface area contributed by atoms with E-state index >= 15 is 0 Å². The molecule has 0 spiro atoms. The van der Waals surface area contributed by atoms with E-state index in [2.05, 4.69) is 12.1 Å². The van der Waals surface area contributed by atoms with Crippen molar-refractivity contribution in [1.82, 2.24) is 4.90 Å². The van der Waals surface area contributed by atoms with Crippen molar-refractivity contribution in [3.8, 4) is 17.2 Å². The number of amides is 1. The van der Waals surface area contributed by atoms with Crippen LogP contribution in [0.5, 0.6) is 0 Å². The summed E-state index contributed by atoms with van der Waals surface area (Å²) in [6.07, 6.45) is -0.623. The summed E-state index contributed by atoms with van der Waals surface area (Å²) < 4.78 is 5.59. The average molecular weight is 426 g/mol. The maximum Gasteiger partial charge on any atom is 0.410 e. The molecule has 1 atom stereocenters. The second-order valence-electron chi connectivity index (χ2n) is 7.79. The van der Waals surface area contributed by atoms with Gasteiger partial charge >= 0.3 is 12.1 Å². The minimum Gasteiger partial charge on any atom is -0.480 e. The number of nitriles is 1. The molecule has 0 aliphatic heterocycles. The number of aliphatic carboxylic acids is 1. The van der Waals surface area contributed by atoms with Crippen LogP contribution in [0.4, 0.5) is 4.79 Å². The average Bonchev–Trinajstić information content (AvgIpc) is 3.14. The molecule has 0 bridgehead atoms. The first kappa shape index (κ1) is 21.1. The molecule has 0 fully saturated rings. The summed E-state index contributed by atoms with van der Waals surface area (Å²) in [6.45, 7) is 0.119. The Hall–Kier alpha value is -4.11. The van der Waals surface area contributed by atoms with Crippen molar-refractivity contribution in [2.45, 2.75) is 18.4 Å². The number of carboxylic acid groups (broad SMARTS) is 1. The number of carbonyl (C=O) groups excluding carboxylic acids is 1. The van der Waals surface area contributed by atoms with Crippen molar-refractivity contribution in [2.24, 2.45) is 0 Å². The molecule has 1 aliphatic rings. The fourth-order valence-corrected chi connectivity index (χ4v) is 4.20. The van der Waals surface area contributed by atoms with Gasteiger partial charge in [-0.15, -0.1) is 0 Å². The topological polar surface area (TPSA) is 90.6 Å². The van der Waals surface area contributed by atoms with Gasteiger partial charge in [-0.3, -0.25) is 4.90 Å². The predicted octanol–water partition coefficient (Wildman–Crippen LogP) is 4.43. The number of benzene rings is 3. The smallest absolute Gasteiger partial charge is 0.410 e. The third-order valence-electron chi connectivity index (χ3n) is 5.86. The van der Waals surface area contributed by atoms with Crippen molar-refractivity contribution < 1.29 is 19.4 Å². The summed E-state index contributed by atoms with van der Waals surface area (Å²) >= 11 is 0. The molecule has 3 aromatic carbocycles. The molecule has 1 aliphatic carbocycles. The van der Waals surface area contributed by atoms with Gasteiger partial charge < -0.3 is 9.84 Å². The highest BCUT2D eigenvalue weighted by Gasteiger charge is 2.32. The minimum absolute atomic E-state index is 0.0749. The molecule has 4 rings (SSSR count). The Kier molecular flexibility index (Phi) is 5.91. The number of likely N-dealkylation sites (N-methyl/N-ethyl adjacent to an activating group) is 1. The van der Waals surface area contributed by atoms with Crippen LogP contribution in [-0.4, -0.2) is 41.8 Å². The van der Waals surface area contributed by atoms with Crippen molar-refractivity contribution in [3.05, 3.63) is 95.1 Å². The standard InChI is InChI=1S/C26H22N2O4/c1-28(24(25(29)30)14-17-7-6-8-18(13-17)15-27)26(31)32-16-23-21-11-4-2-9-19(21)20-10-3-5-12-22(20)23/h2-13,23-24H,14,16H2,1H3,(H,29,30)/t24-/m0/s1. The molecule has 1 N–H and O–H groups in total. The second-order valence-corrected chi connectivity index (χ2v) is 7.79. The minimum atomic E-state index is -1.14. The molecule has 6 nitrogen and oxygen atoms in total. The van der Waals surface area contributed by atoms with Crippen LogP contribution in [0, 0.1) is 11.3 Å². The highest BCUT2D eigenvalue weighted by atomic mass is 16.6. The summed E-state index contributed by atoms with van der Waals surface area (Å²) in [5.74, 6) is -1.24.